The normalized spacial score (nSPS) is 1.78. The Morgan fingerprint density at radius 1 is 0.444 bits per heavy atom. The second kappa shape index (κ2) is 3350. The number of hydrogen-bond acceptors (Lipinski definition) is 4. The first kappa shape index (κ1) is 37.8. The molecule has 5 heteroatoms. The Bertz CT molecular complexity index is 20.5. The molecule has 0 N–H and O–H groups in total. The monoisotopic (exact) mass is 136 g/mol. The van der Waals surface area contributed by atoms with Gasteiger partial charge in [0.05, 0.1) is 0 Å². The van der Waals surface area contributed by atoms with Gasteiger partial charge in [0.2, 0.25) is 0 Å². The van der Waals surface area contributed by atoms with Crippen molar-refractivity contribution in [2.75, 3.05) is 0 Å². The molecule has 0 aliphatic rings. The summed E-state index contributed by atoms with van der Waals surface area (Å²) in [7, 11) is 0. The fourth-order valence-corrected chi connectivity index (χ4v) is 0. The minimum absolute atomic E-state index is 0. The van der Waals surface area contributed by atoms with E-state index in [9.17, 15) is 0 Å². The topological polar surface area (TPSA) is 68.3 Å². The van der Waals surface area contributed by atoms with E-state index in [4.69, 9.17) is 19.2 Å². The van der Waals surface area contributed by atoms with Crippen LogP contribution in [0.2, 0.25) is 0 Å². The van der Waals surface area contributed by atoms with Crippen LogP contribution in [0.25, 0.3) is 0 Å². The average Bonchev–Trinajstić information content (AvgIpc) is 2.03. The van der Waals surface area contributed by atoms with E-state index < -0.39 is 0 Å². The van der Waals surface area contributed by atoms with Crippen molar-refractivity contribution in [3.63, 3.8) is 0 Å². The minimum atomic E-state index is 0. The van der Waals surface area contributed by atoms with Gasteiger partial charge < -0.3 is 0 Å². The molecule has 4 nitrogen and oxygen atoms in total. The third kappa shape index (κ3) is 2420. The van der Waals surface area contributed by atoms with Crippen molar-refractivity contribution in [1.82, 2.24) is 0 Å². The standard InChI is InChI=1S/4CO.Na.H/c4*1-2;;. The molecule has 0 bridgehead atoms. The first-order valence-corrected chi connectivity index (χ1v) is 0.816. The van der Waals surface area contributed by atoms with E-state index in [1.54, 1.807) is 0 Å². The van der Waals surface area contributed by atoms with Crippen molar-refractivity contribution in [2.24, 2.45) is 0 Å². The Balaban J connectivity index is -0.00000000762. The van der Waals surface area contributed by atoms with Crippen LogP contribution in [-0.4, -0.2) is 56.7 Å². The van der Waals surface area contributed by atoms with Crippen LogP contribution < -0.4 is 0 Å². The van der Waals surface area contributed by atoms with Gasteiger partial charge in [0.25, 0.3) is 27.2 Å². The van der Waals surface area contributed by atoms with Crippen LogP contribution in [0.15, 0.2) is 0 Å². The molecule has 0 aromatic carbocycles. The van der Waals surface area contributed by atoms with Gasteiger partial charge in [-0.25, -0.2) is 0 Å². The van der Waals surface area contributed by atoms with Crippen LogP contribution in [0.1, 0.15) is 0 Å². The summed E-state index contributed by atoms with van der Waals surface area (Å²) in [6, 6.07) is 0. The summed E-state index contributed by atoms with van der Waals surface area (Å²) in [5.41, 5.74) is 0. The summed E-state index contributed by atoms with van der Waals surface area (Å²) in [5.74, 6) is 0. The molecule has 0 aliphatic heterocycles. The first-order valence-electron chi connectivity index (χ1n) is 0.816. The van der Waals surface area contributed by atoms with Crippen LogP contribution in [0.3, 0.4) is 0 Å². The van der Waals surface area contributed by atoms with Gasteiger partial charge in [-0.1, -0.05) is 0 Å². The van der Waals surface area contributed by atoms with E-state index in [-0.39, 0.29) is 29.6 Å². The van der Waals surface area contributed by atoms with Gasteiger partial charge in [0, 0.05) is 0 Å². The summed E-state index contributed by atoms with van der Waals surface area (Å²) in [4.78, 5) is 30.0. The molecule has 0 heterocycles. The quantitative estimate of drug-likeness (QED) is 0.353. The fraction of sp³-hybridized carbons (Fsp3) is 0. The Kier molecular flexibility index (Phi) is 14100. The van der Waals surface area contributed by atoms with Crippen molar-refractivity contribution >= 4 is 56.7 Å². The maximum absolute atomic E-state index is 7.50. The summed E-state index contributed by atoms with van der Waals surface area (Å²) in [5, 5.41) is 0. The van der Waals surface area contributed by atoms with Gasteiger partial charge in [0.15, 0.2) is 0 Å². The molecular formula is C4HNaO4. The van der Waals surface area contributed by atoms with E-state index >= 15 is 0 Å². The fourth-order valence-electron chi connectivity index (χ4n) is 0. The molecule has 0 saturated heterocycles. The summed E-state index contributed by atoms with van der Waals surface area (Å²) in [6.45, 7) is 18.0. The number of rotatable bonds is 0. The molecule has 0 amide bonds. The van der Waals surface area contributed by atoms with Crippen LogP contribution in [-0.2, 0) is 19.2 Å². The van der Waals surface area contributed by atoms with Gasteiger partial charge in [-0.15, -0.1) is 0 Å². The number of carbonyl (C=O) groups excluding carboxylic acids is 4. The van der Waals surface area contributed by atoms with Gasteiger partial charge in [-0.3, -0.25) is 19.2 Å². The Labute approximate surface area is 75.9 Å². The van der Waals surface area contributed by atoms with Crippen molar-refractivity contribution in [3.05, 3.63) is 0 Å². The Morgan fingerprint density at radius 2 is 0.444 bits per heavy atom. The van der Waals surface area contributed by atoms with E-state index in [0.29, 0.717) is 0 Å². The molecule has 0 aromatic heterocycles. The SMILES string of the molecule is [C]=O.[C]=O.[C]=O.[C]=O.[NaH]. The molecule has 0 aliphatic carbocycles. The maximum atomic E-state index is 7.50. The molecule has 42 valence electrons. The van der Waals surface area contributed by atoms with Crippen LogP contribution in [0.4, 0.5) is 0 Å². The van der Waals surface area contributed by atoms with Crippen LogP contribution in [0, 0.1) is 0 Å². The summed E-state index contributed by atoms with van der Waals surface area (Å²) < 4.78 is 0. The van der Waals surface area contributed by atoms with Crippen molar-refractivity contribution in [3.8, 4) is 0 Å². The number of hydrogen-bond donors (Lipinski definition) is 0. The molecule has 0 atom stereocenters. The Hall–Kier alpha value is -0.320. The molecule has 0 aromatic rings. The van der Waals surface area contributed by atoms with Crippen molar-refractivity contribution < 1.29 is 19.2 Å². The third-order valence-electron chi connectivity index (χ3n) is 0. The van der Waals surface area contributed by atoms with Gasteiger partial charge in [-0.2, -0.15) is 0 Å². The average molecular weight is 136 g/mol. The zero-order valence-corrected chi connectivity index (χ0v) is 3.63. The van der Waals surface area contributed by atoms with Gasteiger partial charge in [0.1, 0.15) is 0 Å². The molecule has 0 saturated carbocycles. The molecule has 8 radical (unpaired) electrons. The zero-order chi connectivity index (χ0) is 8.00. The molecule has 0 spiro atoms. The van der Waals surface area contributed by atoms with Crippen molar-refractivity contribution in [2.45, 2.75) is 0 Å². The second-order valence-electron chi connectivity index (χ2n) is 0. The third-order valence-corrected chi connectivity index (χ3v) is 0. The van der Waals surface area contributed by atoms with Gasteiger partial charge >= 0.3 is 29.6 Å². The molecular weight excluding hydrogens is 135 g/mol. The van der Waals surface area contributed by atoms with Crippen LogP contribution >= 0.6 is 0 Å². The van der Waals surface area contributed by atoms with E-state index in [1.165, 1.54) is 0 Å². The molecule has 0 fully saturated rings. The second-order valence-corrected chi connectivity index (χ2v) is 0. The molecule has 0 rings (SSSR count). The van der Waals surface area contributed by atoms with Crippen molar-refractivity contribution in [1.29, 1.82) is 0 Å². The Morgan fingerprint density at radius 3 is 0.444 bits per heavy atom. The molecule has 0 unspecified atom stereocenters. The summed E-state index contributed by atoms with van der Waals surface area (Å²) >= 11 is 0. The first-order chi connectivity index (χ1) is 4.00. The van der Waals surface area contributed by atoms with E-state index in [0.717, 1.165) is 0 Å². The predicted molar refractivity (Wildman–Crippen MR) is 29.9 cm³/mol. The van der Waals surface area contributed by atoms with E-state index in [1.807, 2.05) is 0 Å². The van der Waals surface area contributed by atoms with E-state index in [2.05, 4.69) is 27.2 Å². The van der Waals surface area contributed by atoms with Crippen LogP contribution in [0.5, 0.6) is 0 Å². The predicted octanol–water partition coefficient (Wildman–Crippen LogP) is -2.24. The van der Waals surface area contributed by atoms with Gasteiger partial charge in [-0.05, 0) is 0 Å². The summed E-state index contributed by atoms with van der Waals surface area (Å²) in [6.07, 6.45) is 0. The zero-order valence-electron chi connectivity index (χ0n) is 3.63. The molecule has 9 heavy (non-hydrogen) atoms.